The third-order valence-electron chi connectivity index (χ3n) is 4.45. The summed E-state index contributed by atoms with van der Waals surface area (Å²) in [6.45, 7) is 7.77. The average molecular weight is 417 g/mol. The molecule has 29 heavy (non-hydrogen) atoms. The van der Waals surface area contributed by atoms with Gasteiger partial charge < -0.3 is 15.0 Å². The van der Waals surface area contributed by atoms with Crippen LogP contribution in [0.25, 0.3) is 0 Å². The maximum absolute atomic E-state index is 13.2. The molecule has 0 saturated heterocycles. The van der Waals surface area contributed by atoms with E-state index in [1.807, 2.05) is 63.2 Å². The Labute approximate surface area is 178 Å². The molecule has 0 aliphatic carbocycles. The van der Waals surface area contributed by atoms with Crippen LogP contribution in [0.5, 0.6) is 5.75 Å². The van der Waals surface area contributed by atoms with E-state index in [0.29, 0.717) is 17.3 Å². The van der Waals surface area contributed by atoms with Gasteiger partial charge in [-0.25, -0.2) is 0 Å². The van der Waals surface area contributed by atoms with Gasteiger partial charge in [0.2, 0.25) is 11.8 Å². The molecule has 2 aromatic carbocycles. The highest BCUT2D eigenvalue weighted by molar-refractivity contribution is 6.31. The van der Waals surface area contributed by atoms with Crippen molar-refractivity contribution < 1.29 is 14.3 Å². The fourth-order valence-electron chi connectivity index (χ4n) is 2.93. The number of carbonyl (C=O) groups is 2. The molecule has 0 aliphatic rings. The zero-order chi connectivity index (χ0) is 21.6. The van der Waals surface area contributed by atoms with Gasteiger partial charge in [0.25, 0.3) is 0 Å². The van der Waals surface area contributed by atoms with Crippen LogP contribution in [0.1, 0.15) is 38.8 Å². The average Bonchev–Trinajstić information content (AvgIpc) is 2.66. The summed E-state index contributed by atoms with van der Waals surface area (Å²) in [4.78, 5) is 27.6. The van der Waals surface area contributed by atoms with Gasteiger partial charge in [-0.3, -0.25) is 9.59 Å². The monoisotopic (exact) mass is 416 g/mol. The summed E-state index contributed by atoms with van der Waals surface area (Å²) >= 11 is 6.24. The standard InChI is InChI=1S/C23H29ClN2O3/c1-16(22(28)25-23(2,3)4)26(15-17-9-8-11-19(13-17)29-5)21(27)14-18-10-6-7-12-20(18)24/h6-13,16H,14-15H2,1-5H3,(H,25,28)/t16-/m1/s1. The Balaban J connectivity index is 2.29. The van der Waals surface area contributed by atoms with Crippen LogP contribution in [-0.4, -0.2) is 35.4 Å². The number of halogens is 1. The lowest BCUT2D eigenvalue weighted by molar-refractivity contribution is -0.140. The first-order chi connectivity index (χ1) is 13.6. The van der Waals surface area contributed by atoms with Crippen LogP contribution in [0, 0.1) is 0 Å². The number of rotatable bonds is 7. The second-order valence-electron chi connectivity index (χ2n) is 8.06. The number of carbonyl (C=O) groups excluding carboxylic acids is 2. The van der Waals surface area contributed by atoms with Crippen molar-refractivity contribution in [1.29, 1.82) is 0 Å². The van der Waals surface area contributed by atoms with Crippen LogP contribution in [0.2, 0.25) is 5.02 Å². The molecule has 0 bridgehead atoms. The number of benzene rings is 2. The molecule has 0 radical (unpaired) electrons. The molecule has 156 valence electrons. The van der Waals surface area contributed by atoms with E-state index < -0.39 is 11.6 Å². The number of methoxy groups -OCH3 is 1. The van der Waals surface area contributed by atoms with Gasteiger partial charge in [0, 0.05) is 17.1 Å². The predicted octanol–water partition coefficient (Wildman–Crippen LogP) is 4.22. The van der Waals surface area contributed by atoms with Gasteiger partial charge in [-0.05, 0) is 57.0 Å². The highest BCUT2D eigenvalue weighted by Gasteiger charge is 2.28. The first-order valence-electron chi connectivity index (χ1n) is 9.58. The van der Waals surface area contributed by atoms with Crippen LogP contribution in [0.4, 0.5) is 0 Å². The lowest BCUT2D eigenvalue weighted by Crippen LogP contribution is -2.52. The topological polar surface area (TPSA) is 58.6 Å². The summed E-state index contributed by atoms with van der Waals surface area (Å²) in [7, 11) is 1.60. The molecular weight excluding hydrogens is 388 g/mol. The third kappa shape index (κ3) is 6.79. The molecule has 6 heteroatoms. The number of amides is 2. The second kappa shape index (κ2) is 9.79. The minimum absolute atomic E-state index is 0.122. The molecule has 0 spiro atoms. The van der Waals surface area contributed by atoms with E-state index in [4.69, 9.17) is 16.3 Å². The van der Waals surface area contributed by atoms with Crippen molar-refractivity contribution in [1.82, 2.24) is 10.2 Å². The van der Waals surface area contributed by atoms with E-state index in [1.165, 1.54) is 0 Å². The fourth-order valence-corrected chi connectivity index (χ4v) is 3.13. The fraction of sp³-hybridized carbons (Fsp3) is 0.391. The first-order valence-corrected chi connectivity index (χ1v) is 9.96. The van der Waals surface area contributed by atoms with Crippen molar-refractivity contribution in [2.45, 2.75) is 52.2 Å². The van der Waals surface area contributed by atoms with E-state index in [9.17, 15) is 9.59 Å². The third-order valence-corrected chi connectivity index (χ3v) is 4.82. The Morgan fingerprint density at radius 1 is 1.14 bits per heavy atom. The van der Waals surface area contributed by atoms with E-state index in [1.54, 1.807) is 25.0 Å². The summed E-state index contributed by atoms with van der Waals surface area (Å²) in [5.41, 5.74) is 1.23. The van der Waals surface area contributed by atoms with E-state index in [0.717, 1.165) is 11.1 Å². The summed E-state index contributed by atoms with van der Waals surface area (Å²) in [5, 5.41) is 3.49. The number of hydrogen-bond donors (Lipinski definition) is 1. The maximum atomic E-state index is 13.2. The lowest BCUT2D eigenvalue weighted by atomic mass is 10.1. The van der Waals surface area contributed by atoms with E-state index >= 15 is 0 Å². The summed E-state index contributed by atoms with van der Waals surface area (Å²) in [6.07, 6.45) is 0.122. The second-order valence-corrected chi connectivity index (χ2v) is 8.46. The molecule has 0 fully saturated rings. The molecule has 5 nitrogen and oxygen atoms in total. The van der Waals surface area contributed by atoms with Crippen molar-refractivity contribution >= 4 is 23.4 Å². The smallest absolute Gasteiger partial charge is 0.242 e. The Bertz CT molecular complexity index is 861. The van der Waals surface area contributed by atoms with E-state index in [-0.39, 0.29) is 18.2 Å². The van der Waals surface area contributed by atoms with Crippen molar-refractivity contribution in [3.8, 4) is 5.75 Å². The maximum Gasteiger partial charge on any atom is 0.242 e. The quantitative estimate of drug-likeness (QED) is 0.735. The van der Waals surface area contributed by atoms with E-state index in [2.05, 4.69) is 5.32 Å². The Morgan fingerprint density at radius 3 is 2.45 bits per heavy atom. The van der Waals surface area contributed by atoms with Gasteiger partial charge in [0.15, 0.2) is 0 Å². The van der Waals surface area contributed by atoms with Crippen LogP contribution >= 0.6 is 11.6 Å². The summed E-state index contributed by atoms with van der Waals surface area (Å²) < 4.78 is 5.28. The molecule has 1 N–H and O–H groups in total. The molecule has 0 unspecified atom stereocenters. The Morgan fingerprint density at radius 2 is 1.83 bits per heavy atom. The summed E-state index contributed by atoms with van der Waals surface area (Å²) in [5.74, 6) is 0.332. The number of nitrogens with one attached hydrogen (secondary N) is 1. The molecule has 0 aliphatic heterocycles. The molecule has 2 rings (SSSR count). The molecule has 2 amide bonds. The first kappa shape index (κ1) is 22.8. The zero-order valence-electron chi connectivity index (χ0n) is 17.7. The van der Waals surface area contributed by atoms with Gasteiger partial charge in [-0.2, -0.15) is 0 Å². The van der Waals surface area contributed by atoms with Gasteiger partial charge in [0.1, 0.15) is 11.8 Å². The van der Waals surface area contributed by atoms with Crippen LogP contribution < -0.4 is 10.1 Å². The summed E-state index contributed by atoms with van der Waals surface area (Å²) in [6, 6.07) is 14.1. The molecule has 1 atom stereocenters. The van der Waals surface area contributed by atoms with Crippen molar-refractivity contribution in [2.24, 2.45) is 0 Å². The highest BCUT2D eigenvalue weighted by Crippen LogP contribution is 2.20. The van der Waals surface area contributed by atoms with Gasteiger partial charge in [-0.15, -0.1) is 0 Å². The Kier molecular flexibility index (Phi) is 7.68. The zero-order valence-corrected chi connectivity index (χ0v) is 18.4. The van der Waals surface area contributed by atoms with Crippen LogP contribution in [0.3, 0.4) is 0 Å². The van der Waals surface area contributed by atoms with Crippen molar-refractivity contribution in [3.63, 3.8) is 0 Å². The molecule has 2 aromatic rings. The Hall–Kier alpha value is -2.53. The van der Waals surface area contributed by atoms with Crippen molar-refractivity contribution in [3.05, 3.63) is 64.7 Å². The lowest BCUT2D eigenvalue weighted by Gasteiger charge is -2.31. The predicted molar refractivity (Wildman–Crippen MR) is 116 cm³/mol. The number of ether oxygens (including phenoxy) is 1. The highest BCUT2D eigenvalue weighted by atomic mass is 35.5. The molecule has 0 aromatic heterocycles. The van der Waals surface area contributed by atoms with Gasteiger partial charge in [0.05, 0.1) is 13.5 Å². The van der Waals surface area contributed by atoms with Crippen LogP contribution in [0.15, 0.2) is 48.5 Å². The van der Waals surface area contributed by atoms with Crippen LogP contribution in [-0.2, 0) is 22.6 Å². The molecule has 0 saturated carbocycles. The minimum atomic E-state index is -0.643. The molecular formula is C23H29ClN2O3. The minimum Gasteiger partial charge on any atom is -0.497 e. The largest absolute Gasteiger partial charge is 0.497 e. The van der Waals surface area contributed by atoms with Gasteiger partial charge >= 0.3 is 0 Å². The number of nitrogens with zero attached hydrogens (tertiary/aromatic N) is 1. The van der Waals surface area contributed by atoms with Crippen molar-refractivity contribution in [2.75, 3.05) is 7.11 Å². The number of hydrogen-bond acceptors (Lipinski definition) is 3. The normalized spacial score (nSPS) is 12.2. The molecule has 0 heterocycles. The van der Waals surface area contributed by atoms with Gasteiger partial charge in [-0.1, -0.05) is 41.9 Å². The SMILES string of the molecule is COc1cccc(CN(C(=O)Cc2ccccc2Cl)[C@H](C)C(=O)NC(C)(C)C)c1.